The minimum Gasteiger partial charge on any atom is -0.0707 e. The van der Waals surface area contributed by atoms with Crippen LogP contribution >= 0.6 is 8.46 Å². The number of hydrogen-bond donors (Lipinski definition) is 0. The predicted octanol–water partition coefficient (Wildman–Crippen LogP) is 3.00. The molecule has 0 aliphatic carbocycles. The van der Waals surface area contributed by atoms with Crippen molar-refractivity contribution < 1.29 is 4.57 Å². The van der Waals surface area contributed by atoms with E-state index in [0.717, 1.165) is 16.4 Å². The molecular formula is C12H10OP+. The maximum atomic E-state index is 11.0. The average molecular weight is 201 g/mol. The Hall–Kier alpha value is -1.46. The van der Waals surface area contributed by atoms with Crippen molar-refractivity contribution in [3.05, 3.63) is 54.6 Å². The van der Waals surface area contributed by atoms with Crippen molar-refractivity contribution in [3.8, 4) is 11.1 Å². The van der Waals surface area contributed by atoms with E-state index >= 15 is 0 Å². The Morgan fingerprint density at radius 2 is 1.43 bits per heavy atom. The van der Waals surface area contributed by atoms with Gasteiger partial charge in [-0.1, -0.05) is 47.0 Å². The number of hydrogen-bond acceptors (Lipinski definition) is 1. The molecule has 0 aliphatic heterocycles. The van der Waals surface area contributed by atoms with Gasteiger partial charge in [0.15, 0.2) is 5.30 Å². The van der Waals surface area contributed by atoms with Crippen LogP contribution in [0.15, 0.2) is 54.6 Å². The zero-order valence-corrected chi connectivity index (χ0v) is 8.60. The number of benzene rings is 2. The third-order valence-corrected chi connectivity index (χ3v) is 2.78. The second-order valence-corrected chi connectivity index (χ2v) is 3.76. The first kappa shape index (κ1) is 9.11. The second kappa shape index (κ2) is 4.17. The van der Waals surface area contributed by atoms with Gasteiger partial charge in [-0.15, -0.1) is 0 Å². The van der Waals surface area contributed by atoms with E-state index in [-0.39, 0.29) is 0 Å². The van der Waals surface area contributed by atoms with Crippen molar-refractivity contribution in [2.45, 2.75) is 0 Å². The summed E-state index contributed by atoms with van der Waals surface area (Å²) in [6.07, 6.45) is 0. The molecule has 0 N–H and O–H groups in total. The summed E-state index contributed by atoms with van der Waals surface area (Å²) in [5, 5.41) is 0.888. The molecule has 1 atom stereocenters. The fourth-order valence-corrected chi connectivity index (χ4v) is 1.94. The van der Waals surface area contributed by atoms with E-state index in [4.69, 9.17) is 0 Å². The molecule has 2 aromatic carbocycles. The zero-order chi connectivity index (χ0) is 9.80. The molecule has 0 aromatic heterocycles. The average Bonchev–Trinajstić information content (AvgIpc) is 2.30. The molecular weight excluding hydrogens is 191 g/mol. The SMILES string of the molecule is O=[PH+]c1ccccc1-c1ccccc1. The van der Waals surface area contributed by atoms with Gasteiger partial charge in [-0.3, -0.25) is 0 Å². The Balaban J connectivity index is 2.57. The Kier molecular flexibility index (Phi) is 2.71. The summed E-state index contributed by atoms with van der Waals surface area (Å²) in [7, 11) is -0.396. The minimum absolute atomic E-state index is 0.396. The van der Waals surface area contributed by atoms with Gasteiger partial charge < -0.3 is 0 Å². The van der Waals surface area contributed by atoms with Crippen molar-refractivity contribution in [2.75, 3.05) is 0 Å². The van der Waals surface area contributed by atoms with Gasteiger partial charge in [-0.05, 0) is 17.7 Å². The fourth-order valence-electron chi connectivity index (χ4n) is 1.44. The third-order valence-electron chi connectivity index (χ3n) is 2.12. The van der Waals surface area contributed by atoms with Crippen LogP contribution in [0.2, 0.25) is 0 Å². The van der Waals surface area contributed by atoms with Crippen LogP contribution in [0.3, 0.4) is 0 Å². The van der Waals surface area contributed by atoms with Crippen LogP contribution in [-0.4, -0.2) is 0 Å². The minimum atomic E-state index is -0.396. The largest absolute Gasteiger partial charge is 0.363 e. The molecule has 2 heteroatoms. The molecule has 68 valence electrons. The predicted molar refractivity (Wildman–Crippen MR) is 60.5 cm³/mol. The monoisotopic (exact) mass is 201 g/mol. The van der Waals surface area contributed by atoms with Gasteiger partial charge in [-0.25, -0.2) is 0 Å². The van der Waals surface area contributed by atoms with Crippen LogP contribution < -0.4 is 5.30 Å². The normalized spacial score (nSPS) is 10.3. The summed E-state index contributed by atoms with van der Waals surface area (Å²) in [5.74, 6) is 0. The summed E-state index contributed by atoms with van der Waals surface area (Å²) < 4.78 is 11.0. The molecule has 1 nitrogen and oxygen atoms in total. The number of rotatable bonds is 2. The van der Waals surface area contributed by atoms with Crippen LogP contribution in [0.5, 0.6) is 0 Å². The van der Waals surface area contributed by atoms with Crippen molar-refractivity contribution in [2.24, 2.45) is 0 Å². The molecule has 0 bridgehead atoms. The highest BCUT2D eigenvalue weighted by Crippen LogP contribution is 2.19. The smallest absolute Gasteiger partial charge is 0.0707 e. The topological polar surface area (TPSA) is 17.1 Å². The summed E-state index contributed by atoms with van der Waals surface area (Å²) in [6.45, 7) is 0. The molecule has 0 amide bonds. The molecule has 2 rings (SSSR count). The Morgan fingerprint density at radius 3 is 2.14 bits per heavy atom. The summed E-state index contributed by atoms with van der Waals surface area (Å²) >= 11 is 0. The van der Waals surface area contributed by atoms with Gasteiger partial charge >= 0.3 is 8.46 Å². The van der Waals surface area contributed by atoms with E-state index in [1.165, 1.54) is 0 Å². The lowest BCUT2D eigenvalue weighted by Gasteiger charge is -1.99. The van der Waals surface area contributed by atoms with Crippen molar-refractivity contribution in [1.29, 1.82) is 0 Å². The highest BCUT2D eigenvalue weighted by Gasteiger charge is 2.08. The Morgan fingerprint density at radius 1 is 0.786 bits per heavy atom. The van der Waals surface area contributed by atoms with Gasteiger partial charge in [0.2, 0.25) is 0 Å². The van der Waals surface area contributed by atoms with Crippen LogP contribution in [0.25, 0.3) is 11.1 Å². The molecule has 0 heterocycles. The molecule has 0 saturated heterocycles. The molecule has 0 spiro atoms. The Bertz CT molecular complexity index is 437. The lowest BCUT2D eigenvalue weighted by molar-refractivity contribution is 0.603. The van der Waals surface area contributed by atoms with Crippen molar-refractivity contribution in [3.63, 3.8) is 0 Å². The highest BCUT2D eigenvalue weighted by molar-refractivity contribution is 7.34. The van der Waals surface area contributed by atoms with Crippen LogP contribution in [0.1, 0.15) is 0 Å². The van der Waals surface area contributed by atoms with Crippen LogP contribution in [0, 0.1) is 0 Å². The molecule has 2 aromatic rings. The van der Waals surface area contributed by atoms with E-state index in [1.54, 1.807) is 0 Å². The second-order valence-electron chi connectivity index (χ2n) is 3.01. The molecule has 0 aliphatic rings. The maximum absolute atomic E-state index is 11.0. The first-order valence-corrected chi connectivity index (χ1v) is 5.35. The zero-order valence-electron chi connectivity index (χ0n) is 7.60. The van der Waals surface area contributed by atoms with E-state index < -0.39 is 8.46 Å². The van der Waals surface area contributed by atoms with E-state index in [9.17, 15) is 4.57 Å². The molecule has 0 radical (unpaired) electrons. The fraction of sp³-hybridized carbons (Fsp3) is 0. The van der Waals surface area contributed by atoms with Gasteiger partial charge in [0.05, 0.1) is 0 Å². The van der Waals surface area contributed by atoms with E-state index in [0.29, 0.717) is 0 Å². The lowest BCUT2D eigenvalue weighted by atomic mass is 10.1. The molecule has 1 unspecified atom stereocenters. The van der Waals surface area contributed by atoms with Crippen molar-refractivity contribution >= 4 is 13.8 Å². The molecule has 0 saturated carbocycles. The van der Waals surface area contributed by atoms with E-state index in [1.807, 2.05) is 54.6 Å². The maximum Gasteiger partial charge on any atom is 0.363 e. The first-order valence-electron chi connectivity index (χ1n) is 4.44. The van der Waals surface area contributed by atoms with Gasteiger partial charge in [0, 0.05) is 5.56 Å². The highest BCUT2D eigenvalue weighted by atomic mass is 31.1. The quantitative estimate of drug-likeness (QED) is 0.682. The standard InChI is InChI=1S/C12H9OP/c13-14-12-9-5-4-8-11(12)10-6-2-1-3-7-10/h1-9H/p+1. The summed E-state index contributed by atoms with van der Waals surface area (Å²) in [5.41, 5.74) is 2.17. The van der Waals surface area contributed by atoms with Crippen LogP contribution in [0.4, 0.5) is 0 Å². The Labute approximate surface area is 84.6 Å². The van der Waals surface area contributed by atoms with Crippen molar-refractivity contribution in [1.82, 2.24) is 0 Å². The van der Waals surface area contributed by atoms with Gasteiger partial charge in [-0.2, -0.15) is 0 Å². The molecule has 14 heavy (non-hydrogen) atoms. The van der Waals surface area contributed by atoms with Crippen LogP contribution in [-0.2, 0) is 4.57 Å². The summed E-state index contributed by atoms with van der Waals surface area (Å²) in [4.78, 5) is 0. The first-order chi connectivity index (χ1) is 6.92. The van der Waals surface area contributed by atoms with Gasteiger partial charge in [0.1, 0.15) is 0 Å². The molecule has 0 fully saturated rings. The third kappa shape index (κ3) is 1.73. The summed E-state index contributed by atoms with van der Waals surface area (Å²) in [6, 6.07) is 17.8. The lowest BCUT2D eigenvalue weighted by Crippen LogP contribution is -1.95. The van der Waals surface area contributed by atoms with Gasteiger partial charge in [0.25, 0.3) is 0 Å². The van der Waals surface area contributed by atoms with E-state index in [2.05, 4.69) is 0 Å².